The Kier molecular flexibility index (Phi) is 4.31. The van der Waals surface area contributed by atoms with Crippen molar-refractivity contribution in [1.82, 2.24) is 20.4 Å². The van der Waals surface area contributed by atoms with Gasteiger partial charge in [0.05, 0.1) is 12.2 Å². The Bertz CT molecular complexity index is 454. The summed E-state index contributed by atoms with van der Waals surface area (Å²) in [5.41, 5.74) is 2.14. The van der Waals surface area contributed by atoms with Gasteiger partial charge in [-0.15, -0.1) is 5.10 Å². The molecule has 1 aliphatic heterocycles. The van der Waals surface area contributed by atoms with Gasteiger partial charge in [0.1, 0.15) is 0 Å². The largest absolute Gasteiger partial charge is 0.358 e. The Morgan fingerprint density at radius 3 is 2.53 bits per heavy atom. The van der Waals surface area contributed by atoms with Gasteiger partial charge in [-0.3, -0.25) is 9.69 Å². The van der Waals surface area contributed by atoms with Gasteiger partial charge in [0.2, 0.25) is 5.91 Å². The minimum absolute atomic E-state index is 0.0689. The lowest BCUT2D eigenvalue weighted by Gasteiger charge is -2.34. The van der Waals surface area contributed by atoms with Crippen LogP contribution in [-0.2, 0) is 4.79 Å². The van der Waals surface area contributed by atoms with E-state index < -0.39 is 0 Å². The normalized spacial score (nSPS) is 16.5. The van der Waals surface area contributed by atoms with Gasteiger partial charge in [-0.05, 0) is 25.5 Å². The molecule has 19 heavy (non-hydrogen) atoms. The fourth-order valence-corrected chi connectivity index (χ4v) is 2.10. The van der Waals surface area contributed by atoms with Crippen LogP contribution in [0, 0.1) is 13.8 Å². The van der Waals surface area contributed by atoms with Crippen molar-refractivity contribution in [1.29, 1.82) is 0 Å². The topological polar surface area (TPSA) is 61.4 Å². The van der Waals surface area contributed by atoms with Gasteiger partial charge < -0.3 is 10.2 Å². The first kappa shape index (κ1) is 13.7. The molecule has 2 rings (SSSR count). The molecule has 0 bridgehead atoms. The molecule has 0 saturated carbocycles. The second-order valence-corrected chi connectivity index (χ2v) is 4.91. The summed E-state index contributed by atoms with van der Waals surface area (Å²) in [5, 5.41) is 11.1. The number of likely N-dealkylation sites (N-methyl/N-ethyl adjacent to an activating group) is 1. The number of carbonyl (C=O) groups excluding carboxylic acids is 1. The van der Waals surface area contributed by atoms with E-state index in [-0.39, 0.29) is 5.91 Å². The predicted molar refractivity (Wildman–Crippen MR) is 74.2 cm³/mol. The number of aryl methyl sites for hydroxylation is 2. The van der Waals surface area contributed by atoms with Crippen LogP contribution in [0.4, 0.5) is 5.82 Å². The summed E-state index contributed by atoms with van der Waals surface area (Å²) in [5.74, 6) is 1.00. The first-order valence-corrected chi connectivity index (χ1v) is 6.59. The fourth-order valence-electron chi connectivity index (χ4n) is 2.10. The fraction of sp³-hybridized carbons (Fsp3) is 0.615. The quantitative estimate of drug-likeness (QED) is 0.829. The van der Waals surface area contributed by atoms with Crippen molar-refractivity contribution in [2.24, 2.45) is 0 Å². The van der Waals surface area contributed by atoms with Gasteiger partial charge in [0.25, 0.3) is 0 Å². The SMILES string of the molecule is CNC(=O)CN1CCN(c2cc(C)c(C)nn2)CC1. The minimum Gasteiger partial charge on any atom is -0.358 e. The van der Waals surface area contributed by atoms with Crippen LogP contribution in [0.3, 0.4) is 0 Å². The lowest BCUT2D eigenvalue weighted by Crippen LogP contribution is -2.49. The summed E-state index contributed by atoms with van der Waals surface area (Å²) >= 11 is 0. The molecule has 1 aromatic rings. The van der Waals surface area contributed by atoms with Crippen LogP contribution in [0.15, 0.2) is 6.07 Å². The highest BCUT2D eigenvalue weighted by Gasteiger charge is 2.19. The highest BCUT2D eigenvalue weighted by molar-refractivity contribution is 5.77. The third-order valence-electron chi connectivity index (χ3n) is 3.56. The second-order valence-electron chi connectivity index (χ2n) is 4.91. The molecule has 1 saturated heterocycles. The van der Waals surface area contributed by atoms with Gasteiger partial charge in [0.15, 0.2) is 5.82 Å². The van der Waals surface area contributed by atoms with E-state index in [1.807, 2.05) is 6.92 Å². The predicted octanol–water partition coefficient (Wildman–Crippen LogP) is -0.0386. The molecule has 0 aromatic carbocycles. The van der Waals surface area contributed by atoms with Crippen LogP contribution >= 0.6 is 0 Å². The zero-order valence-corrected chi connectivity index (χ0v) is 11.8. The maximum atomic E-state index is 11.3. The molecule has 1 aromatic heterocycles. The average molecular weight is 263 g/mol. The third-order valence-corrected chi connectivity index (χ3v) is 3.56. The molecular formula is C13H21N5O. The number of aromatic nitrogens is 2. The number of piperazine rings is 1. The lowest BCUT2D eigenvalue weighted by atomic mass is 10.2. The number of hydrogen-bond acceptors (Lipinski definition) is 5. The molecule has 104 valence electrons. The van der Waals surface area contributed by atoms with Crippen molar-refractivity contribution < 1.29 is 4.79 Å². The molecule has 2 heterocycles. The van der Waals surface area contributed by atoms with E-state index in [0.717, 1.165) is 43.3 Å². The first-order valence-electron chi connectivity index (χ1n) is 6.59. The maximum Gasteiger partial charge on any atom is 0.233 e. The smallest absolute Gasteiger partial charge is 0.233 e. The third kappa shape index (κ3) is 3.41. The average Bonchev–Trinajstić information content (AvgIpc) is 2.42. The number of carbonyl (C=O) groups is 1. The summed E-state index contributed by atoms with van der Waals surface area (Å²) in [4.78, 5) is 15.7. The summed E-state index contributed by atoms with van der Waals surface area (Å²) in [6, 6.07) is 2.08. The van der Waals surface area contributed by atoms with E-state index in [9.17, 15) is 4.79 Å². The Morgan fingerprint density at radius 2 is 1.95 bits per heavy atom. The number of rotatable bonds is 3. The van der Waals surface area contributed by atoms with Gasteiger partial charge in [-0.1, -0.05) is 0 Å². The van der Waals surface area contributed by atoms with Crippen molar-refractivity contribution in [2.45, 2.75) is 13.8 Å². The molecule has 1 aliphatic rings. The molecule has 1 fully saturated rings. The van der Waals surface area contributed by atoms with Crippen molar-refractivity contribution in [3.63, 3.8) is 0 Å². The zero-order chi connectivity index (χ0) is 13.8. The molecule has 6 heteroatoms. The lowest BCUT2D eigenvalue weighted by molar-refractivity contribution is -0.121. The highest BCUT2D eigenvalue weighted by Crippen LogP contribution is 2.15. The highest BCUT2D eigenvalue weighted by atomic mass is 16.1. The van der Waals surface area contributed by atoms with Crippen molar-refractivity contribution in [3.8, 4) is 0 Å². The molecule has 0 radical (unpaired) electrons. The molecule has 0 spiro atoms. The van der Waals surface area contributed by atoms with Crippen LogP contribution in [0.2, 0.25) is 0 Å². The van der Waals surface area contributed by atoms with E-state index in [2.05, 4.69) is 38.3 Å². The van der Waals surface area contributed by atoms with Crippen molar-refractivity contribution in [3.05, 3.63) is 17.3 Å². The standard InChI is InChI=1S/C13H21N5O/c1-10-8-12(16-15-11(10)2)18-6-4-17(5-7-18)9-13(19)14-3/h8H,4-7,9H2,1-3H3,(H,14,19). The summed E-state index contributed by atoms with van der Waals surface area (Å²) in [6.45, 7) is 8.01. The molecule has 6 nitrogen and oxygen atoms in total. The maximum absolute atomic E-state index is 11.3. The molecule has 0 aliphatic carbocycles. The summed E-state index contributed by atoms with van der Waals surface area (Å²) < 4.78 is 0. The van der Waals surface area contributed by atoms with E-state index in [1.165, 1.54) is 0 Å². The number of anilines is 1. The van der Waals surface area contributed by atoms with Gasteiger partial charge in [-0.25, -0.2) is 0 Å². The minimum atomic E-state index is 0.0689. The number of nitrogens with zero attached hydrogens (tertiary/aromatic N) is 4. The van der Waals surface area contributed by atoms with E-state index in [1.54, 1.807) is 7.05 Å². The van der Waals surface area contributed by atoms with Crippen LogP contribution in [-0.4, -0.2) is 60.8 Å². The van der Waals surface area contributed by atoms with Gasteiger partial charge >= 0.3 is 0 Å². The number of amides is 1. The zero-order valence-electron chi connectivity index (χ0n) is 11.8. The molecule has 1 amide bonds. The van der Waals surface area contributed by atoms with Gasteiger partial charge in [0, 0.05) is 33.2 Å². The van der Waals surface area contributed by atoms with Gasteiger partial charge in [-0.2, -0.15) is 5.10 Å². The van der Waals surface area contributed by atoms with Crippen molar-refractivity contribution in [2.75, 3.05) is 44.7 Å². The second kappa shape index (κ2) is 5.97. The molecular weight excluding hydrogens is 242 g/mol. The number of nitrogens with one attached hydrogen (secondary N) is 1. The first-order chi connectivity index (χ1) is 9.10. The van der Waals surface area contributed by atoms with Crippen LogP contribution in [0.5, 0.6) is 0 Å². The Labute approximate surface area is 113 Å². The van der Waals surface area contributed by atoms with E-state index in [4.69, 9.17) is 0 Å². The van der Waals surface area contributed by atoms with Crippen LogP contribution in [0.25, 0.3) is 0 Å². The molecule has 0 unspecified atom stereocenters. The molecule has 0 atom stereocenters. The Morgan fingerprint density at radius 1 is 1.26 bits per heavy atom. The van der Waals surface area contributed by atoms with Crippen molar-refractivity contribution >= 4 is 11.7 Å². The Balaban J connectivity index is 1.92. The van der Waals surface area contributed by atoms with E-state index >= 15 is 0 Å². The van der Waals surface area contributed by atoms with Crippen LogP contribution < -0.4 is 10.2 Å². The summed E-state index contributed by atoms with van der Waals surface area (Å²) in [7, 11) is 1.67. The van der Waals surface area contributed by atoms with E-state index in [0.29, 0.717) is 6.54 Å². The monoisotopic (exact) mass is 263 g/mol. The summed E-state index contributed by atoms with van der Waals surface area (Å²) in [6.07, 6.45) is 0. The Hall–Kier alpha value is -1.69. The van der Waals surface area contributed by atoms with Crippen LogP contribution in [0.1, 0.15) is 11.3 Å². The number of hydrogen-bond donors (Lipinski definition) is 1. The molecule has 1 N–H and O–H groups in total.